The minimum Gasteiger partial charge on any atom is -0.444 e. The van der Waals surface area contributed by atoms with Crippen LogP contribution >= 0.6 is 0 Å². The van der Waals surface area contributed by atoms with E-state index in [4.69, 9.17) is 4.74 Å². The molecule has 1 heterocycles. The Morgan fingerprint density at radius 2 is 1.79 bits per heavy atom. The Morgan fingerprint density at radius 3 is 2.43 bits per heavy atom. The number of carbonyl (C=O) groups is 2. The van der Waals surface area contributed by atoms with Crippen LogP contribution in [0.25, 0.3) is 0 Å². The maximum Gasteiger partial charge on any atom is 0.408 e. The Kier molecular flexibility index (Phi) is 6.50. The molecule has 150 valence electrons. The van der Waals surface area contributed by atoms with Crippen molar-refractivity contribution in [2.24, 2.45) is 0 Å². The van der Waals surface area contributed by atoms with Crippen LogP contribution in [0.15, 0.2) is 36.7 Å². The Balaban J connectivity index is 2.10. The number of alkyl carbamates (subject to hydrolysis) is 1. The third-order valence-electron chi connectivity index (χ3n) is 3.35. The molecule has 1 aromatic heterocycles. The molecule has 28 heavy (non-hydrogen) atoms. The Morgan fingerprint density at radius 1 is 1.07 bits per heavy atom. The van der Waals surface area contributed by atoms with Gasteiger partial charge in [0, 0.05) is 6.07 Å². The molecular formula is C19H22F2N4O3. The number of hydrogen-bond donors (Lipinski definition) is 3. The molecule has 3 N–H and O–H groups in total. The summed E-state index contributed by atoms with van der Waals surface area (Å²) in [7, 11) is 0. The van der Waals surface area contributed by atoms with Crippen molar-refractivity contribution in [2.75, 3.05) is 10.6 Å². The topological polar surface area (TPSA) is 92.3 Å². The first-order valence-electron chi connectivity index (χ1n) is 8.51. The molecule has 2 aromatic rings. The predicted molar refractivity (Wildman–Crippen MR) is 101 cm³/mol. The SMILES string of the molecule is C[C@H](NC(=O)OC(C)(C)C)C(=O)Nc1ccc(F)cc1Nc1cncc(F)c1. The van der Waals surface area contributed by atoms with Crippen LogP contribution in [0, 0.1) is 11.6 Å². The number of nitrogens with zero attached hydrogens (tertiary/aromatic N) is 1. The van der Waals surface area contributed by atoms with Gasteiger partial charge in [0.25, 0.3) is 0 Å². The fourth-order valence-electron chi connectivity index (χ4n) is 2.16. The summed E-state index contributed by atoms with van der Waals surface area (Å²) in [6.07, 6.45) is 1.65. The minimum absolute atomic E-state index is 0.199. The lowest BCUT2D eigenvalue weighted by atomic mass is 10.2. The highest BCUT2D eigenvalue weighted by Gasteiger charge is 2.21. The third-order valence-corrected chi connectivity index (χ3v) is 3.35. The molecular weight excluding hydrogens is 370 g/mol. The first-order valence-corrected chi connectivity index (χ1v) is 8.51. The summed E-state index contributed by atoms with van der Waals surface area (Å²) in [5, 5.41) is 7.81. The van der Waals surface area contributed by atoms with E-state index in [9.17, 15) is 18.4 Å². The zero-order chi connectivity index (χ0) is 20.9. The van der Waals surface area contributed by atoms with Crippen molar-refractivity contribution < 1.29 is 23.1 Å². The molecule has 0 aliphatic rings. The molecule has 1 aromatic carbocycles. The van der Waals surface area contributed by atoms with Crippen LogP contribution in [0.4, 0.5) is 30.6 Å². The molecule has 1 atom stereocenters. The Hall–Kier alpha value is -3.23. The van der Waals surface area contributed by atoms with Crippen LogP contribution in [0.2, 0.25) is 0 Å². The number of anilines is 3. The van der Waals surface area contributed by atoms with Crippen LogP contribution in [0.1, 0.15) is 27.7 Å². The maximum absolute atomic E-state index is 13.6. The van der Waals surface area contributed by atoms with Gasteiger partial charge in [0.05, 0.1) is 29.5 Å². The molecule has 0 unspecified atom stereocenters. The molecule has 9 heteroatoms. The summed E-state index contributed by atoms with van der Waals surface area (Å²) in [5.74, 6) is -1.66. The van der Waals surface area contributed by atoms with Gasteiger partial charge in [0.2, 0.25) is 5.91 Å². The van der Waals surface area contributed by atoms with Crippen LogP contribution in [0.3, 0.4) is 0 Å². The van der Waals surface area contributed by atoms with Crippen molar-refractivity contribution in [3.63, 3.8) is 0 Å². The highest BCUT2D eigenvalue weighted by Crippen LogP contribution is 2.26. The molecule has 0 bridgehead atoms. The van der Waals surface area contributed by atoms with Crippen molar-refractivity contribution in [2.45, 2.75) is 39.3 Å². The number of benzene rings is 1. The average molecular weight is 392 g/mol. The molecule has 0 saturated heterocycles. The van der Waals surface area contributed by atoms with Crippen LogP contribution in [-0.2, 0) is 9.53 Å². The number of rotatable bonds is 5. The van der Waals surface area contributed by atoms with Gasteiger partial charge >= 0.3 is 6.09 Å². The number of carbonyl (C=O) groups excluding carboxylic acids is 2. The molecule has 7 nitrogen and oxygen atoms in total. The minimum atomic E-state index is -0.913. The average Bonchev–Trinajstić information content (AvgIpc) is 2.55. The summed E-state index contributed by atoms with van der Waals surface area (Å²) < 4.78 is 32.0. The number of pyridine rings is 1. The smallest absolute Gasteiger partial charge is 0.408 e. The predicted octanol–water partition coefficient (Wildman–Crippen LogP) is 3.96. The number of ether oxygens (including phenoxy) is 1. The third kappa shape index (κ3) is 6.49. The molecule has 2 rings (SSSR count). The van der Waals surface area contributed by atoms with Crippen LogP contribution in [0.5, 0.6) is 0 Å². The van der Waals surface area contributed by atoms with Gasteiger partial charge in [-0.3, -0.25) is 9.78 Å². The normalized spacial score (nSPS) is 12.1. The zero-order valence-corrected chi connectivity index (χ0v) is 16.0. The van der Waals surface area contributed by atoms with Crippen molar-refractivity contribution in [1.29, 1.82) is 0 Å². The van der Waals surface area contributed by atoms with Crippen molar-refractivity contribution in [3.8, 4) is 0 Å². The van der Waals surface area contributed by atoms with E-state index in [1.165, 1.54) is 25.3 Å². The van der Waals surface area contributed by atoms with Gasteiger partial charge in [-0.15, -0.1) is 0 Å². The van der Waals surface area contributed by atoms with Crippen molar-refractivity contribution in [1.82, 2.24) is 10.3 Å². The number of nitrogens with one attached hydrogen (secondary N) is 3. The summed E-state index contributed by atoms with van der Waals surface area (Å²) >= 11 is 0. The Labute approximate surface area is 161 Å². The van der Waals surface area contributed by atoms with Gasteiger partial charge in [-0.05, 0) is 45.9 Å². The highest BCUT2D eigenvalue weighted by molar-refractivity contribution is 5.99. The van der Waals surface area contributed by atoms with E-state index in [1.807, 2.05) is 0 Å². The van der Waals surface area contributed by atoms with E-state index in [0.29, 0.717) is 0 Å². The lowest BCUT2D eigenvalue weighted by Gasteiger charge is -2.22. The van der Waals surface area contributed by atoms with Gasteiger partial charge in [0.15, 0.2) is 0 Å². The molecule has 0 aliphatic heterocycles. The Bertz CT molecular complexity index is 868. The van der Waals surface area contributed by atoms with Crippen LogP contribution in [-0.4, -0.2) is 28.6 Å². The number of halogens is 2. The van der Waals surface area contributed by atoms with Crippen molar-refractivity contribution >= 4 is 29.1 Å². The molecule has 0 radical (unpaired) electrons. The van der Waals surface area contributed by atoms with Gasteiger partial charge < -0.3 is 20.7 Å². The van der Waals surface area contributed by atoms with Gasteiger partial charge in [-0.2, -0.15) is 0 Å². The lowest BCUT2D eigenvalue weighted by Crippen LogP contribution is -2.44. The molecule has 0 aliphatic carbocycles. The van der Waals surface area contributed by atoms with Crippen molar-refractivity contribution in [3.05, 3.63) is 48.3 Å². The number of hydrogen-bond acceptors (Lipinski definition) is 5. The van der Waals surface area contributed by atoms with Gasteiger partial charge in [0.1, 0.15) is 23.3 Å². The van der Waals surface area contributed by atoms with E-state index in [0.717, 1.165) is 18.3 Å². The molecule has 0 spiro atoms. The standard InChI is InChI=1S/C19H22F2N4O3/c1-11(23-18(27)28-19(2,3)4)17(26)25-15-6-5-12(20)8-16(15)24-14-7-13(21)9-22-10-14/h5-11,24H,1-4H3,(H,23,27)(H,25,26)/t11-/m0/s1. The van der Waals surface area contributed by atoms with E-state index in [-0.39, 0.29) is 17.1 Å². The first-order chi connectivity index (χ1) is 13.0. The fourth-order valence-corrected chi connectivity index (χ4v) is 2.16. The summed E-state index contributed by atoms with van der Waals surface area (Å²) in [4.78, 5) is 27.9. The monoisotopic (exact) mass is 392 g/mol. The second-order valence-corrected chi connectivity index (χ2v) is 7.06. The zero-order valence-electron chi connectivity index (χ0n) is 16.0. The van der Waals surface area contributed by atoms with E-state index in [1.54, 1.807) is 20.8 Å². The number of amides is 2. The van der Waals surface area contributed by atoms with Gasteiger partial charge in [-0.1, -0.05) is 0 Å². The second-order valence-electron chi connectivity index (χ2n) is 7.06. The van der Waals surface area contributed by atoms with E-state index in [2.05, 4.69) is 20.9 Å². The highest BCUT2D eigenvalue weighted by atomic mass is 19.1. The lowest BCUT2D eigenvalue weighted by molar-refractivity contribution is -0.117. The van der Waals surface area contributed by atoms with Gasteiger partial charge in [-0.25, -0.2) is 13.6 Å². The molecule has 2 amide bonds. The summed E-state index contributed by atoms with van der Waals surface area (Å²) in [6, 6.07) is 3.92. The quantitative estimate of drug-likeness (QED) is 0.716. The fraction of sp³-hybridized carbons (Fsp3) is 0.316. The molecule has 0 fully saturated rings. The van der Waals surface area contributed by atoms with E-state index < -0.39 is 35.3 Å². The second kappa shape index (κ2) is 8.64. The molecule has 0 saturated carbocycles. The van der Waals surface area contributed by atoms with Crippen LogP contribution < -0.4 is 16.0 Å². The summed E-state index contributed by atoms with van der Waals surface area (Å²) in [5.41, 5.74) is 0.0209. The largest absolute Gasteiger partial charge is 0.444 e. The van der Waals surface area contributed by atoms with E-state index >= 15 is 0 Å². The maximum atomic E-state index is 13.6. The summed E-state index contributed by atoms with van der Waals surface area (Å²) in [6.45, 7) is 6.59. The first kappa shape index (κ1) is 21.1. The number of aromatic nitrogens is 1.